The Labute approximate surface area is 190 Å². The fraction of sp³-hybridized carbons (Fsp3) is 0.409. The molecule has 7 nitrogen and oxygen atoms in total. The summed E-state index contributed by atoms with van der Waals surface area (Å²) in [6, 6.07) is 14.7. The van der Waals surface area contributed by atoms with E-state index in [0.717, 1.165) is 18.6 Å². The molecular weight excluding hydrogens is 447 g/mol. The van der Waals surface area contributed by atoms with Gasteiger partial charge in [-0.1, -0.05) is 53.5 Å². The lowest BCUT2D eigenvalue weighted by molar-refractivity contribution is -0.308. The van der Waals surface area contributed by atoms with Crippen LogP contribution in [0.25, 0.3) is 0 Å². The Morgan fingerprint density at radius 1 is 1.10 bits per heavy atom. The van der Waals surface area contributed by atoms with Gasteiger partial charge in [0.15, 0.2) is 12.9 Å². The van der Waals surface area contributed by atoms with Gasteiger partial charge in [0.25, 0.3) is 0 Å². The maximum Gasteiger partial charge on any atom is 0.343 e. The number of benzene rings is 2. The van der Waals surface area contributed by atoms with Crippen molar-refractivity contribution in [1.82, 2.24) is 0 Å². The lowest BCUT2D eigenvalue weighted by atomic mass is 10.0. The molecule has 9 heteroatoms. The van der Waals surface area contributed by atoms with Gasteiger partial charge in [0, 0.05) is 17.0 Å². The molecule has 3 heterocycles. The molecule has 3 aliphatic rings. The third-order valence-electron chi connectivity index (χ3n) is 5.09. The number of methoxy groups -OCH3 is 1. The topological polar surface area (TPSA) is 75.8 Å². The summed E-state index contributed by atoms with van der Waals surface area (Å²) in [6.45, 7) is 1.10. The van der Waals surface area contributed by atoms with Crippen LogP contribution < -0.4 is 4.74 Å². The summed E-state index contributed by atoms with van der Waals surface area (Å²) in [4.78, 5) is 10.7. The van der Waals surface area contributed by atoms with Crippen LogP contribution >= 0.6 is 23.2 Å². The normalized spacial score (nSPS) is 28.3. The van der Waals surface area contributed by atoms with Crippen molar-refractivity contribution in [2.45, 2.75) is 30.7 Å². The van der Waals surface area contributed by atoms with Gasteiger partial charge in [0.1, 0.15) is 18.0 Å². The van der Waals surface area contributed by atoms with Crippen LogP contribution in [0.3, 0.4) is 0 Å². The molecule has 166 valence electrons. The maximum atomic E-state index is 10.7. The first-order valence-corrected chi connectivity index (χ1v) is 10.6. The maximum absolute atomic E-state index is 10.7. The smallest absolute Gasteiger partial charge is 0.343 e. The van der Waals surface area contributed by atoms with E-state index in [0.29, 0.717) is 22.4 Å². The first-order chi connectivity index (χ1) is 15.0. The molecule has 3 aliphatic heterocycles. The van der Waals surface area contributed by atoms with Crippen LogP contribution in [0.2, 0.25) is 10.0 Å². The summed E-state index contributed by atoms with van der Waals surface area (Å²) in [6.07, 6.45) is 0.703. The highest BCUT2D eigenvalue weighted by Gasteiger charge is 2.68. The molecule has 3 saturated heterocycles. The van der Waals surface area contributed by atoms with Crippen molar-refractivity contribution in [3.8, 4) is 5.75 Å². The van der Waals surface area contributed by atoms with Crippen LogP contribution in [0.1, 0.15) is 18.3 Å². The van der Waals surface area contributed by atoms with E-state index in [4.69, 9.17) is 46.9 Å². The zero-order valence-electron chi connectivity index (χ0n) is 16.8. The van der Waals surface area contributed by atoms with E-state index >= 15 is 0 Å². The molecule has 0 aromatic heterocycles. The molecule has 31 heavy (non-hydrogen) atoms. The Morgan fingerprint density at radius 3 is 2.65 bits per heavy atom. The van der Waals surface area contributed by atoms with Crippen molar-refractivity contribution in [2.24, 2.45) is 0 Å². The number of halogens is 2. The molecule has 0 aliphatic carbocycles. The van der Waals surface area contributed by atoms with Crippen molar-refractivity contribution in [3.63, 3.8) is 0 Å². The zero-order chi connectivity index (χ0) is 21.8. The Hall–Kier alpha value is -1.87. The van der Waals surface area contributed by atoms with Crippen molar-refractivity contribution < 1.29 is 33.2 Å². The quantitative estimate of drug-likeness (QED) is 0.492. The fourth-order valence-corrected chi connectivity index (χ4v) is 3.91. The molecule has 0 N–H and O–H groups in total. The van der Waals surface area contributed by atoms with E-state index in [9.17, 15) is 4.79 Å². The first-order valence-electron chi connectivity index (χ1n) is 9.80. The number of epoxide rings is 1. The molecule has 3 fully saturated rings. The minimum absolute atomic E-state index is 0.0683. The third kappa shape index (κ3) is 5.14. The van der Waals surface area contributed by atoms with Crippen LogP contribution in [0.5, 0.6) is 5.75 Å². The minimum atomic E-state index is -0.531. The average molecular weight is 469 g/mol. The molecular formula is C22H22Cl2O7. The first kappa shape index (κ1) is 22.3. The summed E-state index contributed by atoms with van der Waals surface area (Å²) in [5.41, 5.74) is 1.03. The van der Waals surface area contributed by atoms with Crippen molar-refractivity contribution in [3.05, 3.63) is 64.1 Å². The van der Waals surface area contributed by atoms with Crippen molar-refractivity contribution in [1.29, 1.82) is 0 Å². The number of rotatable bonds is 4. The summed E-state index contributed by atoms with van der Waals surface area (Å²) in [5.74, 6) is -0.589. The molecule has 2 aromatic rings. The van der Waals surface area contributed by atoms with Crippen LogP contribution in [0, 0.1) is 0 Å². The van der Waals surface area contributed by atoms with E-state index in [1.165, 1.54) is 13.2 Å². The summed E-state index contributed by atoms with van der Waals surface area (Å²) >= 11 is 11.5. The van der Waals surface area contributed by atoms with Gasteiger partial charge >= 0.3 is 5.97 Å². The zero-order valence-corrected chi connectivity index (χ0v) is 18.3. The Balaban J connectivity index is 0.000000153. The molecule has 4 unspecified atom stereocenters. The van der Waals surface area contributed by atoms with Crippen molar-refractivity contribution >= 4 is 29.2 Å². The largest absolute Gasteiger partial charge is 0.480 e. The lowest BCUT2D eigenvalue weighted by Gasteiger charge is -2.36. The number of ether oxygens (including phenoxy) is 6. The molecule has 1 spiro atoms. The highest BCUT2D eigenvalue weighted by Crippen LogP contribution is 2.52. The van der Waals surface area contributed by atoms with Crippen LogP contribution in [-0.4, -0.2) is 50.9 Å². The van der Waals surface area contributed by atoms with Gasteiger partial charge < -0.3 is 28.4 Å². The summed E-state index contributed by atoms with van der Waals surface area (Å²) in [7, 11) is 1.29. The van der Waals surface area contributed by atoms with Gasteiger partial charge in [-0.15, -0.1) is 0 Å². The van der Waals surface area contributed by atoms with Crippen LogP contribution in [0.15, 0.2) is 48.5 Å². The standard InChI is InChI=1S/C13H14O4.C9H8Cl2O3/c1-2-4-9(5-3-1)12-15-8-11-13(17-12)10(16-13)6-7-14-11;1-13-9(12)5-14-8-3-2-6(10)4-7(8)11/h1-5,10-12H,6-8H2;2-4H,5H2,1H3. The lowest BCUT2D eigenvalue weighted by Crippen LogP contribution is -2.49. The van der Waals surface area contributed by atoms with Gasteiger partial charge in [0.05, 0.1) is 25.3 Å². The second-order valence-electron chi connectivity index (χ2n) is 7.11. The summed E-state index contributed by atoms with van der Waals surface area (Å²) < 4.78 is 32.5. The van der Waals surface area contributed by atoms with E-state index in [-0.39, 0.29) is 25.1 Å². The van der Waals surface area contributed by atoms with Crippen LogP contribution in [-0.2, 0) is 28.5 Å². The third-order valence-corrected chi connectivity index (χ3v) is 5.63. The second-order valence-corrected chi connectivity index (χ2v) is 7.95. The number of carbonyl (C=O) groups is 1. The van der Waals surface area contributed by atoms with E-state index in [2.05, 4.69) is 4.74 Å². The highest BCUT2D eigenvalue weighted by atomic mass is 35.5. The Morgan fingerprint density at radius 2 is 1.90 bits per heavy atom. The number of hydrogen-bond donors (Lipinski definition) is 0. The van der Waals surface area contributed by atoms with E-state index in [1.807, 2.05) is 30.3 Å². The highest BCUT2D eigenvalue weighted by molar-refractivity contribution is 6.35. The summed E-state index contributed by atoms with van der Waals surface area (Å²) in [5, 5.41) is 0.877. The van der Waals surface area contributed by atoms with Gasteiger partial charge in [-0.2, -0.15) is 0 Å². The predicted octanol–water partition coefficient (Wildman–Crippen LogP) is 4.16. The molecule has 2 aromatic carbocycles. The number of hydrogen-bond acceptors (Lipinski definition) is 7. The predicted molar refractivity (Wildman–Crippen MR) is 112 cm³/mol. The average Bonchev–Trinajstić information content (AvgIpc) is 3.51. The van der Waals surface area contributed by atoms with Crippen LogP contribution in [0.4, 0.5) is 0 Å². The molecule has 0 amide bonds. The van der Waals surface area contributed by atoms with Gasteiger partial charge in [0.2, 0.25) is 5.79 Å². The molecule has 4 atom stereocenters. The van der Waals surface area contributed by atoms with Gasteiger partial charge in [-0.25, -0.2) is 4.79 Å². The molecule has 0 saturated carbocycles. The molecule has 0 bridgehead atoms. The van der Waals surface area contributed by atoms with E-state index in [1.54, 1.807) is 12.1 Å². The van der Waals surface area contributed by atoms with Crippen molar-refractivity contribution in [2.75, 3.05) is 26.9 Å². The monoisotopic (exact) mass is 468 g/mol. The SMILES string of the molecule is COC(=O)COc1ccc(Cl)cc1Cl.c1ccc(C2OCC3OCCC4OC34O2)cc1. The van der Waals surface area contributed by atoms with Gasteiger partial charge in [-0.3, -0.25) is 0 Å². The molecule has 0 radical (unpaired) electrons. The second kappa shape index (κ2) is 9.73. The Bertz CT molecular complexity index is 910. The molecule has 5 rings (SSSR count). The van der Waals surface area contributed by atoms with Gasteiger partial charge in [-0.05, 0) is 18.2 Å². The number of carbonyl (C=O) groups excluding carboxylic acids is 1. The Kier molecular flexibility index (Phi) is 7.01. The minimum Gasteiger partial charge on any atom is -0.480 e. The fourth-order valence-electron chi connectivity index (χ4n) is 3.45. The number of esters is 1. The van der Waals surface area contributed by atoms with E-state index < -0.39 is 11.8 Å².